The summed E-state index contributed by atoms with van der Waals surface area (Å²) in [6.45, 7) is 0. The molecule has 0 aliphatic carbocycles. The molecular weight excluding hydrogens is 606 g/mol. The highest BCUT2D eigenvalue weighted by Crippen LogP contribution is 2.34. The van der Waals surface area contributed by atoms with E-state index in [4.69, 9.17) is 0 Å². The highest BCUT2D eigenvalue weighted by atomic mass is 127. The van der Waals surface area contributed by atoms with Gasteiger partial charge in [-0.15, -0.1) is 0 Å². The van der Waals surface area contributed by atoms with Crippen molar-refractivity contribution < 1.29 is 0 Å². The van der Waals surface area contributed by atoms with Gasteiger partial charge in [0.05, 0.1) is 0 Å². The van der Waals surface area contributed by atoms with E-state index in [-0.39, 0.29) is 0 Å². The minimum Gasteiger partial charge on any atom is -0.151 e. The molecule has 0 saturated carbocycles. The maximum absolute atomic E-state index is 2.34. The van der Waals surface area contributed by atoms with E-state index < -0.39 is 0 Å². The smallest absolute Gasteiger partial charge is 0.0130 e. The fourth-order valence-electron chi connectivity index (χ4n) is 2.83. The van der Waals surface area contributed by atoms with Crippen molar-refractivity contribution in [2.24, 2.45) is 0 Å². The van der Waals surface area contributed by atoms with Crippen molar-refractivity contribution in [3.8, 4) is 11.1 Å². The number of hydrogen-bond donors (Lipinski definition) is 0. The second-order valence-corrected chi connectivity index (χ2v) is 10.2. The molecule has 138 valence electrons. The molecule has 0 aliphatic rings. The van der Waals surface area contributed by atoms with Crippen molar-refractivity contribution in [1.82, 2.24) is 0 Å². The van der Waals surface area contributed by atoms with Crippen molar-refractivity contribution in [2.75, 3.05) is 0 Å². The number of thiophene rings is 2. The van der Waals surface area contributed by atoms with Crippen LogP contribution >= 0.6 is 67.9 Å². The van der Waals surface area contributed by atoms with Crippen LogP contribution in [0, 0.1) is 7.14 Å². The Balaban J connectivity index is 1.59. The zero-order valence-corrected chi connectivity index (χ0v) is 20.8. The third kappa shape index (κ3) is 5.03. The van der Waals surface area contributed by atoms with Crippen LogP contribution in [0.15, 0.2) is 70.1 Å². The molecule has 0 spiro atoms. The molecule has 4 aromatic rings. The van der Waals surface area contributed by atoms with Crippen LogP contribution in [0.25, 0.3) is 35.4 Å². The maximum Gasteiger partial charge on any atom is 0.0130 e. The Labute approximate surface area is 200 Å². The Kier molecular flexibility index (Phi) is 6.82. The first-order chi connectivity index (χ1) is 13.7. The summed E-state index contributed by atoms with van der Waals surface area (Å²) in [5, 5.41) is 8.95. The fraction of sp³-hybridized carbons (Fsp3) is 0. The summed E-state index contributed by atoms with van der Waals surface area (Å²) in [6.07, 6.45) is 8.82. The predicted octanol–water partition coefficient (Wildman–Crippen LogP) is 9.03. The number of rotatable bonds is 5. The zero-order chi connectivity index (χ0) is 19.3. The van der Waals surface area contributed by atoms with E-state index in [1.165, 1.54) is 40.5 Å². The molecule has 0 unspecified atom stereocenters. The first-order valence-corrected chi connectivity index (χ1v) is 12.7. The number of benzene rings is 2. The summed E-state index contributed by atoms with van der Waals surface area (Å²) in [6, 6.07) is 17.2. The van der Waals surface area contributed by atoms with Gasteiger partial charge >= 0.3 is 0 Å². The summed E-state index contributed by atoms with van der Waals surface area (Å²) in [4.78, 5) is 0. The minimum atomic E-state index is 1.22. The van der Waals surface area contributed by atoms with Crippen LogP contribution in [0.2, 0.25) is 0 Å². The van der Waals surface area contributed by atoms with E-state index in [0.717, 1.165) is 0 Å². The van der Waals surface area contributed by atoms with Crippen LogP contribution in [0.5, 0.6) is 0 Å². The highest BCUT2D eigenvalue weighted by Gasteiger charge is 2.09. The third-order valence-corrected chi connectivity index (χ3v) is 7.29. The van der Waals surface area contributed by atoms with Gasteiger partial charge in [-0.2, -0.15) is 22.7 Å². The molecule has 0 N–H and O–H groups in total. The summed E-state index contributed by atoms with van der Waals surface area (Å²) in [5.41, 5.74) is 7.59. The Bertz CT molecular complexity index is 1020. The summed E-state index contributed by atoms with van der Waals surface area (Å²) in [7, 11) is 0. The fourth-order valence-corrected chi connectivity index (χ4v) is 5.19. The van der Waals surface area contributed by atoms with Crippen LogP contribution in [0.1, 0.15) is 22.3 Å². The van der Waals surface area contributed by atoms with Crippen molar-refractivity contribution in [2.45, 2.75) is 0 Å². The third-order valence-electron chi connectivity index (χ3n) is 4.32. The minimum absolute atomic E-state index is 1.22. The van der Waals surface area contributed by atoms with Gasteiger partial charge in [0.2, 0.25) is 0 Å². The van der Waals surface area contributed by atoms with Gasteiger partial charge in [-0.25, -0.2) is 0 Å². The van der Waals surface area contributed by atoms with Crippen LogP contribution in [-0.2, 0) is 0 Å². The van der Waals surface area contributed by atoms with Gasteiger partial charge in [-0.05, 0) is 113 Å². The Morgan fingerprint density at radius 1 is 0.500 bits per heavy atom. The summed E-state index contributed by atoms with van der Waals surface area (Å²) < 4.78 is 2.52. The number of halogens is 2. The van der Waals surface area contributed by atoms with Crippen molar-refractivity contribution in [3.05, 3.63) is 99.4 Å². The molecular formula is C24H16I2S2. The van der Waals surface area contributed by atoms with E-state index in [1.54, 1.807) is 22.7 Å². The average Bonchev–Trinajstić information content (AvgIpc) is 3.36. The molecule has 0 fully saturated rings. The van der Waals surface area contributed by atoms with Gasteiger partial charge in [0, 0.05) is 18.3 Å². The van der Waals surface area contributed by atoms with Crippen LogP contribution in [0.3, 0.4) is 0 Å². The summed E-state index contributed by atoms with van der Waals surface area (Å²) >= 11 is 8.18. The predicted molar refractivity (Wildman–Crippen MR) is 144 cm³/mol. The van der Waals surface area contributed by atoms with Gasteiger partial charge < -0.3 is 0 Å². The quantitative estimate of drug-likeness (QED) is 0.195. The highest BCUT2D eigenvalue weighted by molar-refractivity contribution is 14.1. The largest absolute Gasteiger partial charge is 0.151 e. The van der Waals surface area contributed by atoms with E-state index >= 15 is 0 Å². The molecule has 0 nitrogen and oxygen atoms in total. The number of hydrogen-bond acceptors (Lipinski definition) is 2. The van der Waals surface area contributed by atoms with Gasteiger partial charge in [-0.1, -0.05) is 48.6 Å². The molecule has 0 aliphatic heterocycles. The SMILES string of the molecule is Ic1ccc(C=Cc2cscc2-c2cscc2C=Cc2ccc(I)cc2)cc1. The van der Waals surface area contributed by atoms with E-state index in [0.29, 0.717) is 0 Å². The molecule has 4 heteroatoms. The topological polar surface area (TPSA) is 0 Å². The first-order valence-electron chi connectivity index (χ1n) is 8.69. The van der Waals surface area contributed by atoms with E-state index in [9.17, 15) is 0 Å². The average molecular weight is 622 g/mol. The lowest BCUT2D eigenvalue weighted by Gasteiger charge is -2.01. The molecule has 0 bridgehead atoms. The Morgan fingerprint density at radius 2 is 0.893 bits per heavy atom. The van der Waals surface area contributed by atoms with Gasteiger partial charge in [0.15, 0.2) is 0 Å². The molecule has 0 radical (unpaired) electrons. The lowest BCUT2D eigenvalue weighted by molar-refractivity contribution is 1.61. The normalized spacial score (nSPS) is 11.6. The molecule has 2 aromatic carbocycles. The monoisotopic (exact) mass is 622 g/mol. The molecule has 2 aromatic heterocycles. The van der Waals surface area contributed by atoms with Gasteiger partial charge in [-0.3, -0.25) is 0 Å². The van der Waals surface area contributed by atoms with Gasteiger partial charge in [0.25, 0.3) is 0 Å². The zero-order valence-electron chi connectivity index (χ0n) is 14.8. The van der Waals surface area contributed by atoms with Crippen LogP contribution < -0.4 is 0 Å². The maximum atomic E-state index is 2.34. The van der Waals surface area contributed by atoms with Crippen LogP contribution in [0.4, 0.5) is 0 Å². The molecule has 0 saturated heterocycles. The second-order valence-electron chi connectivity index (χ2n) is 6.25. The molecule has 0 amide bonds. The van der Waals surface area contributed by atoms with Crippen molar-refractivity contribution >= 4 is 92.2 Å². The molecule has 0 atom stereocenters. The molecule has 28 heavy (non-hydrogen) atoms. The van der Waals surface area contributed by atoms with Crippen molar-refractivity contribution in [1.29, 1.82) is 0 Å². The standard InChI is InChI=1S/C24H16I2S2/c25-21-9-3-17(4-10-21)1-7-19-13-27-15-23(19)24-16-28-14-20(24)8-2-18-5-11-22(26)12-6-18/h1-16H. The molecule has 2 heterocycles. The Hall–Kier alpha value is -1.22. The lowest BCUT2D eigenvalue weighted by atomic mass is 10.0. The van der Waals surface area contributed by atoms with Crippen LogP contribution in [-0.4, -0.2) is 0 Å². The van der Waals surface area contributed by atoms with Gasteiger partial charge in [0.1, 0.15) is 0 Å². The summed E-state index contributed by atoms with van der Waals surface area (Å²) in [5.74, 6) is 0. The van der Waals surface area contributed by atoms with E-state index in [1.807, 2.05) is 0 Å². The van der Waals surface area contributed by atoms with E-state index in [2.05, 4.69) is 140 Å². The lowest BCUT2D eigenvalue weighted by Crippen LogP contribution is -1.79. The first kappa shape index (κ1) is 20.1. The van der Waals surface area contributed by atoms with Crippen molar-refractivity contribution in [3.63, 3.8) is 0 Å². The molecule has 4 rings (SSSR count). The Morgan fingerprint density at radius 3 is 1.29 bits per heavy atom. The second kappa shape index (κ2) is 9.52.